The van der Waals surface area contributed by atoms with Crippen molar-refractivity contribution in [3.05, 3.63) is 41.5 Å². The number of aromatic amines is 1. The average Bonchev–Trinajstić information content (AvgIpc) is 3.00. The molecular weight excluding hydrogens is 294 g/mol. The number of H-pyrrole nitrogens is 1. The van der Waals surface area contributed by atoms with Gasteiger partial charge in [-0.2, -0.15) is 5.10 Å². The maximum Gasteiger partial charge on any atom is 0.257 e. The molecule has 7 heteroatoms. The molecule has 2 aromatic heterocycles. The normalized spacial score (nSPS) is 18.0. The maximum absolute atomic E-state index is 12.6. The Hall–Kier alpha value is -2.41. The Kier molecular flexibility index (Phi) is 4.29. The highest BCUT2D eigenvalue weighted by Crippen LogP contribution is 2.23. The summed E-state index contributed by atoms with van der Waals surface area (Å²) in [5.74, 6) is -0.0190. The molecule has 122 valence electrons. The third-order valence-electron chi connectivity index (χ3n) is 4.03. The first kappa shape index (κ1) is 15.5. The van der Waals surface area contributed by atoms with Crippen molar-refractivity contribution in [1.82, 2.24) is 20.1 Å². The van der Waals surface area contributed by atoms with E-state index in [2.05, 4.69) is 15.2 Å². The van der Waals surface area contributed by atoms with E-state index in [0.717, 1.165) is 17.1 Å². The van der Waals surface area contributed by atoms with Crippen LogP contribution in [0.25, 0.3) is 0 Å². The zero-order chi connectivity index (χ0) is 16.4. The number of anilines is 1. The number of aromatic nitrogens is 3. The predicted molar refractivity (Wildman–Crippen MR) is 86.5 cm³/mol. The van der Waals surface area contributed by atoms with Crippen molar-refractivity contribution >= 4 is 11.6 Å². The monoisotopic (exact) mass is 315 g/mol. The van der Waals surface area contributed by atoms with Gasteiger partial charge >= 0.3 is 0 Å². The third kappa shape index (κ3) is 3.19. The summed E-state index contributed by atoms with van der Waals surface area (Å²) in [4.78, 5) is 20.9. The minimum atomic E-state index is -0.198. The average molecular weight is 315 g/mol. The van der Waals surface area contributed by atoms with Gasteiger partial charge < -0.3 is 14.5 Å². The summed E-state index contributed by atoms with van der Waals surface area (Å²) in [5, 5.41) is 6.72. The molecule has 1 aliphatic rings. The number of nitrogens with one attached hydrogen (secondary N) is 1. The molecule has 1 fully saturated rings. The van der Waals surface area contributed by atoms with Gasteiger partial charge in [0, 0.05) is 26.3 Å². The molecule has 0 aliphatic carbocycles. The van der Waals surface area contributed by atoms with Crippen LogP contribution in [0.1, 0.15) is 27.8 Å². The molecule has 0 aromatic carbocycles. The van der Waals surface area contributed by atoms with E-state index >= 15 is 0 Å². The van der Waals surface area contributed by atoms with Gasteiger partial charge in [-0.3, -0.25) is 14.9 Å². The van der Waals surface area contributed by atoms with E-state index in [1.807, 2.05) is 44.2 Å². The number of rotatable bonds is 3. The first-order valence-corrected chi connectivity index (χ1v) is 7.60. The summed E-state index contributed by atoms with van der Waals surface area (Å²) in [7, 11) is 3.95. The fourth-order valence-electron chi connectivity index (χ4n) is 2.60. The number of nitrogens with zero attached hydrogens (tertiary/aromatic N) is 4. The zero-order valence-electron chi connectivity index (χ0n) is 13.6. The second-order valence-corrected chi connectivity index (χ2v) is 5.85. The quantitative estimate of drug-likeness (QED) is 0.926. The van der Waals surface area contributed by atoms with Gasteiger partial charge in [-0.1, -0.05) is 0 Å². The molecule has 1 N–H and O–H groups in total. The second-order valence-electron chi connectivity index (χ2n) is 5.85. The van der Waals surface area contributed by atoms with Gasteiger partial charge in [0.2, 0.25) is 0 Å². The van der Waals surface area contributed by atoms with Crippen LogP contribution in [0.3, 0.4) is 0 Å². The van der Waals surface area contributed by atoms with Crippen molar-refractivity contribution in [1.29, 1.82) is 0 Å². The number of amides is 1. The molecule has 3 rings (SSSR count). The minimum Gasteiger partial charge on any atom is -0.376 e. The number of pyridine rings is 1. The van der Waals surface area contributed by atoms with Crippen LogP contribution in [0.2, 0.25) is 0 Å². The fraction of sp³-hybridized carbons (Fsp3) is 0.438. The van der Waals surface area contributed by atoms with Crippen molar-refractivity contribution in [2.24, 2.45) is 0 Å². The molecule has 23 heavy (non-hydrogen) atoms. The van der Waals surface area contributed by atoms with Crippen LogP contribution in [0.15, 0.2) is 24.5 Å². The Bertz CT molecular complexity index is 680. The van der Waals surface area contributed by atoms with E-state index in [0.29, 0.717) is 25.3 Å². The molecule has 1 amide bonds. The van der Waals surface area contributed by atoms with Gasteiger partial charge in [0.15, 0.2) is 0 Å². The number of carbonyl (C=O) groups excluding carboxylic acids is 1. The largest absolute Gasteiger partial charge is 0.376 e. The Balaban J connectivity index is 1.73. The molecule has 1 aliphatic heterocycles. The topological polar surface area (TPSA) is 74.3 Å². The number of aryl methyl sites for hydroxylation is 1. The highest BCUT2D eigenvalue weighted by Gasteiger charge is 2.28. The van der Waals surface area contributed by atoms with Crippen LogP contribution >= 0.6 is 0 Å². The molecular formula is C16H21N5O2. The lowest BCUT2D eigenvalue weighted by molar-refractivity contribution is -0.0247. The van der Waals surface area contributed by atoms with Crippen molar-refractivity contribution in [2.45, 2.75) is 13.0 Å². The minimum absolute atomic E-state index is 0.0190. The van der Waals surface area contributed by atoms with Crippen molar-refractivity contribution in [3.8, 4) is 0 Å². The zero-order valence-corrected chi connectivity index (χ0v) is 13.6. The van der Waals surface area contributed by atoms with Gasteiger partial charge in [-0.15, -0.1) is 0 Å². The van der Waals surface area contributed by atoms with Gasteiger partial charge in [-0.25, -0.2) is 0 Å². The van der Waals surface area contributed by atoms with E-state index in [1.165, 1.54) is 0 Å². The molecule has 7 nitrogen and oxygen atoms in total. The van der Waals surface area contributed by atoms with Gasteiger partial charge in [0.25, 0.3) is 5.91 Å². The van der Waals surface area contributed by atoms with Crippen LogP contribution < -0.4 is 4.90 Å². The fourth-order valence-corrected chi connectivity index (χ4v) is 2.60. The van der Waals surface area contributed by atoms with E-state index in [9.17, 15) is 4.79 Å². The molecule has 0 bridgehead atoms. The van der Waals surface area contributed by atoms with E-state index in [1.54, 1.807) is 11.1 Å². The summed E-state index contributed by atoms with van der Waals surface area (Å²) in [6.45, 7) is 3.43. The molecule has 0 spiro atoms. The summed E-state index contributed by atoms with van der Waals surface area (Å²) >= 11 is 0. The molecule has 1 atom stereocenters. The van der Waals surface area contributed by atoms with Crippen LogP contribution in [-0.2, 0) is 4.74 Å². The molecule has 0 radical (unpaired) electrons. The summed E-state index contributed by atoms with van der Waals surface area (Å²) < 4.78 is 5.80. The number of morpholine rings is 1. The van der Waals surface area contributed by atoms with Crippen LogP contribution in [0.4, 0.5) is 5.69 Å². The predicted octanol–water partition coefficient (Wildman–Crippen LogP) is 1.39. The Morgan fingerprint density at radius 2 is 2.22 bits per heavy atom. The Labute approximate surface area is 135 Å². The maximum atomic E-state index is 12.6. The summed E-state index contributed by atoms with van der Waals surface area (Å²) in [6.07, 6.45) is 3.20. The molecule has 1 unspecified atom stereocenters. The third-order valence-corrected chi connectivity index (χ3v) is 4.03. The lowest BCUT2D eigenvalue weighted by atomic mass is 10.1. The van der Waals surface area contributed by atoms with E-state index in [4.69, 9.17) is 4.74 Å². The number of ether oxygens (including phenoxy) is 1. The standard InChI is InChI=1S/C16H21N5O2/c1-11-13(9-18-19-11)16(22)21-6-7-23-15(10-21)14-5-4-12(8-17-14)20(2)3/h4-5,8-9,15H,6-7,10H2,1-3H3,(H,18,19). The van der Waals surface area contributed by atoms with Crippen LogP contribution in [0, 0.1) is 6.92 Å². The smallest absolute Gasteiger partial charge is 0.257 e. The van der Waals surface area contributed by atoms with E-state index < -0.39 is 0 Å². The van der Waals surface area contributed by atoms with Crippen molar-refractivity contribution in [3.63, 3.8) is 0 Å². The first-order chi connectivity index (χ1) is 11.1. The highest BCUT2D eigenvalue weighted by molar-refractivity contribution is 5.95. The SMILES string of the molecule is Cc1[nH]ncc1C(=O)N1CCOC(c2ccc(N(C)C)cn2)C1. The van der Waals surface area contributed by atoms with Gasteiger partial charge in [0.05, 0.1) is 42.5 Å². The van der Waals surface area contributed by atoms with Gasteiger partial charge in [0.1, 0.15) is 6.10 Å². The lowest BCUT2D eigenvalue weighted by Gasteiger charge is -2.32. The van der Waals surface area contributed by atoms with Crippen LogP contribution in [-0.4, -0.2) is 59.8 Å². The van der Waals surface area contributed by atoms with Gasteiger partial charge in [-0.05, 0) is 19.1 Å². The second kappa shape index (κ2) is 6.37. The summed E-state index contributed by atoms with van der Waals surface area (Å²) in [5.41, 5.74) is 3.27. The van der Waals surface area contributed by atoms with Crippen LogP contribution in [0.5, 0.6) is 0 Å². The number of carbonyl (C=O) groups is 1. The lowest BCUT2D eigenvalue weighted by Crippen LogP contribution is -2.42. The molecule has 1 saturated heterocycles. The molecule has 3 heterocycles. The van der Waals surface area contributed by atoms with Crippen molar-refractivity contribution < 1.29 is 9.53 Å². The Morgan fingerprint density at radius 1 is 1.39 bits per heavy atom. The van der Waals surface area contributed by atoms with E-state index in [-0.39, 0.29) is 12.0 Å². The summed E-state index contributed by atoms with van der Waals surface area (Å²) in [6, 6.07) is 3.96. The first-order valence-electron chi connectivity index (χ1n) is 7.60. The number of hydrogen-bond acceptors (Lipinski definition) is 5. The highest BCUT2D eigenvalue weighted by atomic mass is 16.5. The Morgan fingerprint density at radius 3 is 2.83 bits per heavy atom. The van der Waals surface area contributed by atoms with Crippen molar-refractivity contribution in [2.75, 3.05) is 38.7 Å². The number of hydrogen-bond donors (Lipinski definition) is 1. The molecule has 0 saturated carbocycles. The molecule has 2 aromatic rings.